The predicted octanol–water partition coefficient (Wildman–Crippen LogP) is 1.20. The Labute approximate surface area is 111 Å². The minimum Gasteiger partial charge on any atom is -0.481 e. The number of hydrogen-bond acceptors (Lipinski definition) is 6. The molecular weight excluding hydrogens is 270 g/mol. The number of nitrogens with zero attached hydrogens (tertiary/aromatic N) is 3. The number of benzene rings is 1. The molecule has 0 saturated carbocycles. The normalized spacial score (nSPS) is 9.89. The number of aliphatic carboxylic acids is 1. The maximum Gasteiger partial charge on any atom is 0.325 e. The van der Waals surface area contributed by atoms with Crippen LogP contribution in [0.3, 0.4) is 0 Å². The van der Waals surface area contributed by atoms with Crippen LogP contribution in [0, 0.1) is 0 Å². The minimum absolute atomic E-state index is 0.170. The van der Waals surface area contributed by atoms with Crippen LogP contribution in [0.2, 0.25) is 0 Å². The van der Waals surface area contributed by atoms with Gasteiger partial charge >= 0.3 is 12.0 Å². The first-order valence-electron chi connectivity index (χ1n) is 5.18. The summed E-state index contributed by atoms with van der Waals surface area (Å²) in [6.45, 7) is 0. The van der Waals surface area contributed by atoms with E-state index in [1.54, 1.807) is 24.3 Å². The minimum atomic E-state index is -0.969. The zero-order valence-electron chi connectivity index (χ0n) is 9.53. The number of rotatable bonds is 4. The van der Waals surface area contributed by atoms with E-state index in [2.05, 4.69) is 25.4 Å². The van der Waals surface area contributed by atoms with Gasteiger partial charge < -0.3 is 10.4 Å². The molecule has 98 valence electrons. The highest BCUT2D eigenvalue weighted by atomic mass is 32.1. The van der Waals surface area contributed by atoms with Crippen LogP contribution in [0.15, 0.2) is 24.3 Å². The molecule has 0 aliphatic heterocycles. The summed E-state index contributed by atoms with van der Waals surface area (Å²) in [6, 6.07) is 6.13. The Bertz CT molecular complexity index is 587. The number of para-hydroxylation sites is 1. The van der Waals surface area contributed by atoms with Crippen LogP contribution in [-0.4, -0.2) is 31.9 Å². The van der Waals surface area contributed by atoms with Crippen LogP contribution in [0.4, 0.5) is 15.6 Å². The van der Waals surface area contributed by atoms with E-state index in [9.17, 15) is 9.59 Å². The van der Waals surface area contributed by atoms with Gasteiger partial charge in [0.25, 0.3) is 0 Å². The zero-order chi connectivity index (χ0) is 13.7. The van der Waals surface area contributed by atoms with Crippen LogP contribution in [0.25, 0.3) is 0 Å². The summed E-state index contributed by atoms with van der Waals surface area (Å²) in [5.74, 6) is -0.969. The third-order valence-corrected chi connectivity index (χ3v) is 2.64. The highest BCUT2D eigenvalue weighted by Crippen LogP contribution is 2.16. The second-order valence-electron chi connectivity index (χ2n) is 3.47. The van der Waals surface area contributed by atoms with Crippen LogP contribution in [-0.2, 0) is 11.2 Å². The lowest BCUT2D eigenvalue weighted by atomic mass is 10.1. The molecule has 1 aromatic carbocycles. The first-order valence-corrected chi connectivity index (χ1v) is 5.95. The Morgan fingerprint density at radius 2 is 2.05 bits per heavy atom. The van der Waals surface area contributed by atoms with Gasteiger partial charge in [0.05, 0.1) is 6.42 Å². The van der Waals surface area contributed by atoms with Crippen molar-refractivity contribution >= 4 is 34.4 Å². The molecule has 9 heteroatoms. The van der Waals surface area contributed by atoms with Crippen molar-refractivity contribution in [3.8, 4) is 0 Å². The number of hydrogen-bond donors (Lipinski definition) is 3. The SMILES string of the molecule is O=C(O)Cc1ccccc1NC(=O)Nc1nnns1. The van der Waals surface area contributed by atoms with E-state index in [-0.39, 0.29) is 11.6 Å². The molecule has 3 N–H and O–H groups in total. The molecule has 0 bridgehead atoms. The summed E-state index contributed by atoms with van der Waals surface area (Å²) in [6.07, 6.45) is -0.170. The van der Waals surface area contributed by atoms with Gasteiger partial charge in [-0.3, -0.25) is 10.1 Å². The van der Waals surface area contributed by atoms with Crippen molar-refractivity contribution in [3.05, 3.63) is 29.8 Å². The average Bonchev–Trinajstić information content (AvgIpc) is 2.83. The van der Waals surface area contributed by atoms with Gasteiger partial charge in [0, 0.05) is 17.2 Å². The Hall–Kier alpha value is -2.55. The number of anilines is 2. The third kappa shape index (κ3) is 3.71. The average molecular weight is 279 g/mol. The lowest BCUT2D eigenvalue weighted by Crippen LogP contribution is -2.20. The van der Waals surface area contributed by atoms with Crippen LogP contribution in [0.5, 0.6) is 0 Å². The van der Waals surface area contributed by atoms with Gasteiger partial charge in [-0.25, -0.2) is 4.79 Å². The molecular formula is C10H9N5O3S. The van der Waals surface area contributed by atoms with E-state index in [1.807, 2.05) is 0 Å². The predicted molar refractivity (Wildman–Crippen MR) is 68.1 cm³/mol. The molecule has 0 aliphatic rings. The Kier molecular flexibility index (Phi) is 3.98. The van der Waals surface area contributed by atoms with Gasteiger partial charge in [-0.05, 0) is 16.8 Å². The molecule has 2 aromatic rings. The summed E-state index contributed by atoms with van der Waals surface area (Å²) in [5.41, 5.74) is 0.945. The summed E-state index contributed by atoms with van der Waals surface area (Å²) < 4.78 is 3.50. The monoisotopic (exact) mass is 279 g/mol. The first kappa shape index (κ1) is 12.9. The molecule has 0 saturated heterocycles. The fourth-order valence-corrected chi connectivity index (χ4v) is 1.75. The molecule has 2 rings (SSSR count). The van der Waals surface area contributed by atoms with E-state index in [0.29, 0.717) is 11.3 Å². The van der Waals surface area contributed by atoms with Gasteiger partial charge in [-0.15, -0.1) is 0 Å². The summed E-state index contributed by atoms with van der Waals surface area (Å²) in [5, 5.41) is 20.9. The number of urea groups is 1. The second-order valence-corrected chi connectivity index (χ2v) is 4.21. The van der Waals surface area contributed by atoms with Crippen LogP contribution < -0.4 is 10.6 Å². The number of aromatic nitrogens is 3. The molecule has 0 atom stereocenters. The topological polar surface area (TPSA) is 117 Å². The van der Waals surface area contributed by atoms with Gasteiger partial charge in [0.1, 0.15) is 0 Å². The summed E-state index contributed by atoms with van der Waals surface area (Å²) >= 11 is 0.938. The maximum absolute atomic E-state index is 11.7. The smallest absolute Gasteiger partial charge is 0.325 e. The molecule has 2 amide bonds. The quantitative estimate of drug-likeness (QED) is 0.774. The van der Waals surface area contributed by atoms with E-state index >= 15 is 0 Å². The van der Waals surface area contributed by atoms with Gasteiger partial charge in [-0.2, -0.15) is 0 Å². The Morgan fingerprint density at radius 3 is 2.74 bits per heavy atom. The van der Waals surface area contributed by atoms with Gasteiger partial charge in [0.2, 0.25) is 5.13 Å². The van der Waals surface area contributed by atoms with Crippen LogP contribution >= 0.6 is 11.5 Å². The van der Waals surface area contributed by atoms with E-state index in [0.717, 1.165) is 11.5 Å². The Morgan fingerprint density at radius 1 is 1.26 bits per heavy atom. The number of carbonyl (C=O) groups excluding carboxylic acids is 1. The van der Waals surface area contributed by atoms with Crippen molar-refractivity contribution in [2.45, 2.75) is 6.42 Å². The highest BCUT2D eigenvalue weighted by molar-refractivity contribution is 7.09. The zero-order valence-corrected chi connectivity index (χ0v) is 10.3. The van der Waals surface area contributed by atoms with Crippen molar-refractivity contribution < 1.29 is 14.7 Å². The first-order chi connectivity index (χ1) is 9.15. The lowest BCUT2D eigenvalue weighted by molar-refractivity contribution is -0.136. The fourth-order valence-electron chi connectivity index (χ4n) is 1.39. The molecule has 1 aromatic heterocycles. The number of carboxylic acid groups (broad SMARTS) is 1. The maximum atomic E-state index is 11.7. The van der Waals surface area contributed by atoms with Crippen molar-refractivity contribution in [2.24, 2.45) is 0 Å². The highest BCUT2D eigenvalue weighted by Gasteiger charge is 2.10. The second kappa shape index (κ2) is 5.87. The summed E-state index contributed by atoms with van der Waals surface area (Å²) in [7, 11) is 0. The van der Waals surface area contributed by atoms with E-state index in [4.69, 9.17) is 5.11 Å². The molecule has 0 spiro atoms. The van der Waals surface area contributed by atoms with Crippen molar-refractivity contribution in [1.29, 1.82) is 0 Å². The Balaban J connectivity index is 2.06. The number of nitrogens with one attached hydrogen (secondary N) is 2. The van der Waals surface area contributed by atoms with E-state index < -0.39 is 12.0 Å². The van der Waals surface area contributed by atoms with Crippen LogP contribution in [0.1, 0.15) is 5.56 Å². The number of carbonyl (C=O) groups is 2. The number of carboxylic acids is 1. The molecule has 19 heavy (non-hydrogen) atoms. The van der Waals surface area contributed by atoms with E-state index in [1.165, 1.54) is 0 Å². The van der Waals surface area contributed by atoms with Gasteiger partial charge in [-0.1, -0.05) is 27.8 Å². The standard InChI is InChI=1S/C10H9N5O3S/c16-8(17)5-6-3-1-2-4-7(6)11-9(18)12-10-13-14-15-19-10/h1-4H,5H2,(H,16,17)(H2,11,12,13,15,18). The molecule has 1 heterocycles. The fraction of sp³-hybridized carbons (Fsp3) is 0.100. The van der Waals surface area contributed by atoms with Crippen molar-refractivity contribution in [1.82, 2.24) is 14.8 Å². The molecule has 8 nitrogen and oxygen atoms in total. The summed E-state index contributed by atoms with van der Waals surface area (Å²) in [4.78, 5) is 22.4. The third-order valence-electron chi connectivity index (χ3n) is 2.13. The molecule has 0 aliphatic carbocycles. The van der Waals surface area contributed by atoms with Gasteiger partial charge in [0.15, 0.2) is 0 Å². The molecule has 0 unspecified atom stereocenters. The largest absolute Gasteiger partial charge is 0.481 e. The van der Waals surface area contributed by atoms with Crippen molar-refractivity contribution in [2.75, 3.05) is 10.6 Å². The number of amides is 2. The molecule has 0 radical (unpaired) electrons. The van der Waals surface area contributed by atoms with Crippen molar-refractivity contribution in [3.63, 3.8) is 0 Å². The molecule has 0 fully saturated rings. The lowest BCUT2D eigenvalue weighted by Gasteiger charge is -2.09.